The fourth-order valence-corrected chi connectivity index (χ4v) is 6.40. The summed E-state index contributed by atoms with van der Waals surface area (Å²) in [6.07, 6.45) is 18.6. The zero-order valence-corrected chi connectivity index (χ0v) is 15.5. The van der Waals surface area contributed by atoms with Crippen LogP contribution in [0.2, 0.25) is 0 Å². The van der Waals surface area contributed by atoms with E-state index in [1.807, 2.05) is 0 Å². The van der Waals surface area contributed by atoms with Crippen LogP contribution in [0.3, 0.4) is 0 Å². The van der Waals surface area contributed by atoms with Gasteiger partial charge in [0.05, 0.1) is 0 Å². The number of rotatable bonds is 4. The van der Waals surface area contributed by atoms with Crippen LogP contribution >= 0.6 is 0 Å². The van der Waals surface area contributed by atoms with Crippen LogP contribution < -0.4 is 0 Å². The zero-order chi connectivity index (χ0) is 15.5. The van der Waals surface area contributed by atoms with Crippen LogP contribution in [-0.2, 0) is 0 Å². The van der Waals surface area contributed by atoms with Gasteiger partial charge in [0.25, 0.3) is 0 Å². The van der Waals surface area contributed by atoms with Crippen LogP contribution in [-0.4, -0.2) is 0 Å². The standard InChI is InChI=1S/C22H40/c1-4-17-5-8-19(9-6-17)21-12-11-20-14-18(13-16(2)3)7-10-22(20)15-21/h16-22H,4-15H2,1-3H3. The Bertz CT molecular complexity index is 323. The smallest absolute Gasteiger partial charge is 0.0383 e. The molecule has 3 aliphatic rings. The van der Waals surface area contributed by atoms with Crippen LogP contribution in [0.1, 0.15) is 97.8 Å². The van der Waals surface area contributed by atoms with Crippen molar-refractivity contribution in [2.75, 3.05) is 0 Å². The maximum absolute atomic E-state index is 2.41. The summed E-state index contributed by atoms with van der Waals surface area (Å²) in [6.45, 7) is 7.22. The molecule has 0 saturated heterocycles. The molecular weight excluding hydrogens is 264 g/mol. The predicted octanol–water partition coefficient (Wildman–Crippen LogP) is 7.08. The zero-order valence-electron chi connectivity index (χ0n) is 15.5. The van der Waals surface area contributed by atoms with Gasteiger partial charge >= 0.3 is 0 Å². The van der Waals surface area contributed by atoms with E-state index in [-0.39, 0.29) is 0 Å². The largest absolute Gasteiger partial charge is 0.0651 e. The molecule has 3 saturated carbocycles. The van der Waals surface area contributed by atoms with Crippen LogP contribution in [0.25, 0.3) is 0 Å². The second-order valence-corrected chi connectivity index (χ2v) is 9.59. The molecule has 0 heterocycles. The van der Waals surface area contributed by atoms with Gasteiger partial charge in [-0.1, -0.05) is 46.5 Å². The molecule has 0 aliphatic heterocycles. The third kappa shape index (κ3) is 4.09. The summed E-state index contributed by atoms with van der Waals surface area (Å²) in [5.41, 5.74) is 0. The van der Waals surface area contributed by atoms with E-state index in [4.69, 9.17) is 0 Å². The first-order chi connectivity index (χ1) is 10.7. The molecule has 128 valence electrons. The van der Waals surface area contributed by atoms with E-state index >= 15 is 0 Å². The van der Waals surface area contributed by atoms with Crippen LogP contribution in [0.4, 0.5) is 0 Å². The van der Waals surface area contributed by atoms with Crippen molar-refractivity contribution in [1.82, 2.24) is 0 Å². The van der Waals surface area contributed by atoms with Crippen molar-refractivity contribution in [1.29, 1.82) is 0 Å². The van der Waals surface area contributed by atoms with E-state index in [9.17, 15) is 0 Å². The SMILES string of the molecule is CCC1CCC(C2CCC3CC(CC(C)C)CCC3C2)CC1. The van der Waals surface area contributed by atoms with E-state index in [2.05, 4.69) is 20.8 Å². The lowest BCUT2D eigenvalue weighted by Gasteiger charge is -2.45. The second-order valence-electron chi connectivity index (χ2n) is 9.59. The van der Waals surface area contributed by atoms with Gasteiger partial charge in [-0.3, -0.25) is 0 Å². The lowest BCUT2D eigenvalue weighted by atomic mass is 9.60. The summed E-state index contributed by atoms with van der Waals surface area (Å²) >= 11 is 0. The van der Waals surface area contributed by atoms with Gasteiger partial charge in [0.2, 0.25) is 0 Å². The van der Waals surface area contributed by atoms with E-state index in [1.165, 1.54) is 12.8 Å². The Kier molecular flexibility index (Phi) is 5.91. The third-order valence-corrected chi connectivity index (χ3v) is 7.70. The molecule has 0 amide bonds. The average Bonchev–Trinajstić information content (AvgIpc) is 2.54. The molecule has 3 aliphatic carbocycles. The van der Waals surface area contributed by atoms with Crippen molar-refractivity contribution >= 4 is 0 Å². The van der Waals surface area contributed by atoms with Crippen molar-refractivity contribution in [3.8, 4) is 0 Å². The highest BCUT2D eigenvalue weighted by molar-refractivity contribution is 4.89. The summed E-state index contributed by atoms with van der Waals surface area (Å²) in [5.74, 6) is 7.49. The molecule has 0 bridgehead atoms. The molecule has 0 N–H and O–H groups in total. The van der Waals surface area contributed by atoms with Gasteiger partial charge in [0.1, 0.15) is 0 Å². The Morgan fingerprint density at radius 3 is 1.77 bits per heavy atom. The van der Waals surface area contributed by atoms with Gasteiger partial charge in [-0.15, -0.1) is 0 Å². The van der Waals surface area contributed by atoms with Gasteiger partial charge in [-0.25, -0.2) is 0 Å². The fraction of sp³-hybridized carbons (Fsp3) is 1.00. The summed E-state index contributed by atoms with van der Waals surface area (Å²) in [6, 6.07) is 0. The van der Waals surface area contributed by atoms with Gasteiger partial charge in [0.15, 0.2) is 0 Å². The van der Waals surface area contributed by atoms with Crippen molar-refractivity contribution in [2.24, 2.45) is 41.4 Å². The summed E-state index contributed by atoms with van der Waals surface area (Å²) in [7, 11) is 0. The van der Waals surface area contributed by atoms with Crippen molar-refractivity contribution < 1.29 is 0 Å². The summed E-state index contributed by atoms with van der Waals surface area (Å²) < 4.78 is 0. The average molecular weight is 305 g/mol. The topological polar surface area (TPSA) is 0 Å². The van der Waals surface area contributed by atoms with E-state index in [0.29, 0.717) is 0 Å². The first kappa shape index (κ1) is 16.8. The molecule has 4 atom stereocenters. The fourth-order valence-electron chi connectivity index (χ4n) is 6.40. The molecule has 0 aromatic rings. The van der Waals surface area contributed by atoms with Crippen LogP contribution in [0.15, 0.2) is 0 Å². The maximum Gasteiger partial charge on any atom is -0.0383 e. The maximum atomic E-state index is 2.41. The van der Waals surface area contributed by atoms with Crippen LogP contribution in [0, 0.1) is 41.4 Å². The molecule has 3 fully saturated rings. The highest BCUT2D eigenvalue weighted by atomic mass is 14.4. The monoisotopic (exact) mass is 304 g/mol. The lowest BCUT2D eigenvalue weighted by molar-refractivity contribution is 0.0558. The Hall–Kier alpha value is 0. The van der Waals surface area contributed by atoms with Crippen molar-refractivity contribution in [3.63, 3.8) is 0 Å². The highest BCUT2D eigenvalue weighted by Gasteiger charge is 2.38. The normalized spacial score (nSPS) is 43.1. The lowest BCUT2D eigenvalue weighted by Crippen LogP contribution is -2.34. The van der Waals surface area contributed by atoms with Gasteiger partial charge in [0, 0.05) is 0 Å². The van der Waals surface area contributed by atoms with Gasteiger partial charge < -0.3 is 0 Å². The molecule has 0 radical (unpaired) electrons. The second kappa shape index (κ2) is 7.71. The third-order valence-electron chi connectivity index (χ3n) is 7.70. The summed E-state index contributed by atoms with van der Waals surface area (Å²) in [4.78, 5) is 0. The predicted molar refractivity (Wildman–Crippen MR) is 96.9 cm³/mol. The molecule has 4 unspecified atom stereocenters. The van der Waals surface area contributed by atoms with Gasteiger partial charge in [-0.05, 0) is 92.8 Å². The molecular formula is C22H40. The Balaban J connectivity index is 1.47. The number of hydrogen-bond acceptors (Lipinski definition) is 0. The molecule has 0 aromatic carbocycles. The Morgan fingerprint density at radius 1 is 0.636 bits per heavy atom. The molecule has 0 aromatic heterocycles. The molecule has 0 heteroatoms. The quantitative estimate of drug-likeness (QED) is 0.520. The van der Waals surface area contributed by atoms with Crippen LogP contribution in [0.5, 0.6) is 0 Å². The van der Waals surface area contributed by atoms with Crippen molar-refractivity contribution in [3.05, 3.63) is 0 Å². The number of fused-ring (bicyclic) bond motifs is 1. The number of hydrogen-bond donors (Lipinski definition) is 0. The minimum atomic E-state index is 0.909. The minimum absolute atomic E-state index is 0.909. The Morgan fingerprint density at radius 2 is 1.14 bits per heavy atom. The minimum Gasteiger partial charge on any atom is -0.0651 e. The van der Waals surface area contributed by atoms with E-state index in [0.717, 1.165) is 41.4 Å². The van der Waals surface area contributed by atoms with E-state index < -0.39 is 0 Å². The molecule has 22 heavy (non-hydrogen) atoms. The molecule has 0 spiro atoms. The first-order valence-corrected chi connectivity index (χ1v) is 10.7. The highest BCUT2D eigenvalue weighted by Crippen LogP contribution is 2.49. The van der Waals surface area contributed by atoms with E-state index in [1.54, 1.807) is 64.2 Å². The Labute approximate surface area is 139 Å². The first-order valence-electron chi connectivity index (χ1n) is 10.7. The van der Waals surface area contributed by atoms with Gasteiger partial charge in [-0.2, -0.15) is 0 Å². The molecule has 0 nitrogen and oxygen atoms in total. The summed E-state index contributed by atoms with van der Waals surface area (Å²) in [5, 5.41) is 0. The molecule has 3 rings (SSSR count). The van der Waals surface area contributed by atoms with Crippen molar-refractivity contribution in [2.45, 2.75) is 97.8 Å².